The van der Waals surface area contributed by atoms with Gasteiger partial charge < -0.3 is 4.90 Å². The summed E-state index contributed by atoms with van der Waals surface area (Å²) in [6.07, 6.45) is 9.62. The van der Waals surface area contributed by atoms with Crippen LogP contribution in [0.5, 0.6) is 0 Å². The maximum atomic E-state index is 2.55. The summed E-state index contributed by atoms with van der Waals surface area (Å²) >= 11 is 2.01. The maximum absolute atomic E-state index is 2.55. The Hall–Kier alpha value is -3.75. The van der Waals surface area contributed by atoms with E-state index in [2.05, 4.69) is 148 Å². The normalized spacial score (nSPS) is 27.8. The van der Waals surface area contributed by atoms with Gasteiger partial charge in [0.1, 0.15) is 0 Å². The van der Waals surface area contributed by atoms with E-state index in [1.807, 2.05) is 11.8 Å². The molecule has 252 valence electrons. The Labute approximate surface area is 303 Å². The van der Waals surface area contributed by atoms with Crippen LogP contribution < -0.4 is 4.90 Å². The van der Waals surface area contributed by atoms with Crippen molar-refractivity contribution in [1.29, 1.82) is 0 Å². The second-order valence-corrected chi connectivity index (χ2v) is 18.8. The minimum Gasteiger partial charge on any atom is -0.310 e. The van der Waals surface area contributed by atoms with Gasteiger partial charge in [-0.3, -0.25) is 0 Å². The van der Waals surface area contributed by atoms with Crippen LogP contribution in [-0.2, 0) is 16.2 Å². The molecule has 4 fully saturated rings. The molecule has 5 aromatic carbocycles. The highest BCUT2D eigenvalue weighted by Gasteiger charge is 2.60. The third-order valence-corrected chi connectivity index (χ3v) is 15.1. The highest BCUT2D eigenvalue weighted by molar-refractivity contribution is 7.99. The molecule has 0 amide bonds. The van der Waals surface area contributed by atoms with Crippen LogP contribution in [0.3, 0.4) is 0 Å². The average Bonchev–Trinajstić information content (AvgIpc) is 3.12. The number of para-hydroxylation sites is 1. The van der Waals surface area contributed by atoms with Gasteiger partial charge in [-0.05, 0) is 161 Å². The Kier molecular flexibility index (Phi) is 6.90. The molecule has 0 N–H and O–H groups in total. The van der Waals surface area contributed by atoms with Gasteiger partial charge in [0.15, 0.2) is 0 Å². The maximum Gasteiger partial charge on any atom is 0.0464 e. The average molecular weight is 672 g/mol. The zero-order valence-electron chi connectivity index (χ0n) is 30.1. The molecule has 1 spiro atoms. The number of hydrogen-bond donors (Lipinski definition) is 0. The van der Waals surface area contributed by atoms with Crippen molar-refractivity contribution in [3.05, 3.63) is 138 Å². The number of hydrogen-bond acceptors (Lipinski definition) is 2. The minimum absolute atomic E-state index is 0.160. The number of nitrogens with zero attached hydrogens (tertiary/aromatic N) is 1. The molecule has 0 unspecified atom stereocenters. The van der Waals surface area contributed by atoms with E-state index in [-0.39, 0.29) is 16.2 Å². The molecule has 0 atom stereocenters. The molecular formula is C48H49NS. The van der Waals surface area contributed by atoms with Crippen molar-refractivity contribution in [2.24, 2.45) is 23.7 Å². The van der Waals surface area contributed by atoms with Crippen molar-refractivity contribution in [1.82, 2.24) is 0 Å². The fourth-order valence-corrected chi connectivity index (χ4v) is 12.9. The Morgan fingerprint density at radius 1 is 0.480 bits per heavy atom. The summed E-state index contributed by atoms with van der Waals surface area (Å²) in [6.45, 7) is 9.67. The van der Waals surface area contributed by atoms with E-state index < -0.39 is 0 Å². The van der Waals surface area contributed by atoms with E-state index in [4.69, 9.17) is 0 Å². The first-order valence-electron chi connectivity index (χ1n) is 19.2. The summed E-state index contributed by atoms with van der Waals surface area (Å²) in [4.78, 5) is 5.43. The highest BCUT2D eigenvalue weighted by Crippen LogP contribution is 2.68. The van der Waals surface area contributed by atoms with Crippen molar-refractivity contribution in [3.63, 3.8) is 0 Å². The molecular weight excluding hydrogens is 623 g/mol. The molecule has 1 nitrogen and oxygen atoms in total. The van der Waals surface area contributed by atoms with Gasteiger partial charge in [-0.2, -0.15) is 0 Å². The van der Waals surface area contributed by atoms with Crippen LogP contribution in [-0.4, -0.2) is 0 Å². The predicted octanol–water partition coefficient (Wildman–Crippen LogP) is 13.4. The lowest BCUT2D eigenvalue weighted by atomic mass is 9.42. The van der Waals surface area contributed by atoms with Gasteiger partial charge in [-0.1, -0.05) is 106 Å². The third kappa shape index (κ3) is 4.59. The summed E-state index contributed by atoms with van der Waals surface area (Å²) in [5, 5.41) is 0. The number of benzene rings is 5. The summed E-state index contributed by atoms with van der Waals surface area (Å²) in [6, 6.07) is 44.5. The number of fused-ring (bicyclic) bond motifs is 3. The van der Waals surface area contributed by atoms with E-state index in [0.717, 1.165) is 23.7 Å². The standard InChI is InChI=1S/C48H49NS/c1-46(2)22-23-47(3,4)43-30-39(19-21-40(43)46)49(37-10-6-5-7-11-37)38-17-14-33(15-18-38)34-16-20-42-45(29-34)50-44-13-9-8-12-41(44)48(42)35-25-31-24-32(27-35)28-36(48)26-31/h5-21,29-32,35-36H,22-28H2,1-4H3. The Morgan fingerprint density at radius 3 is 1.76 bits per heavy atom. The summed E-state index contributed by atoms with van der Waals surface area (Å²) in [5.41, 5.74) is 13.1. The molecule has 1 aliphatic heterocycles. The third-order valence-electron chi connectivity index (χ3n) is 14.0. The van der Waals surface area contributed by atoms with Crippen molar-refractivity contribution in [2.45, 2.75) is 98.7 Å². The first-order valence-corrected chi connectivity index (χ1v) is 20.0. The monoisotopic (exact) mass is 671 g/mol. The van der Waals surface area contributed by atoms with Crippen LogP contribution in [0.1, 0.15) is 94.9 Å². The summed E-state index contributed by atoms with van der Waals surface area (Å²) in [7, 11) is 0. The first-order chi connectivity index (χ1) is 24.2. The van der Waals surface area contributed by atoms with Crippen LogP contribution in [0.15, 0.2) is 125 Å². The first kappa shape index (κ1) is 31.0. The number of anilines is 3. The van der Waals surface area contributed by atoms with E-state index in [0.29, 0.717) is 0 Å². The van der Waals surface area contributed by atoms with Crippen molar-refractivity contribution in [2.75, 3.05) is 4.90 Å². The summed E-state index contributed by atoms with van der Waals surface area (Å²) < 4.78 is 0. The van der Waals surface area contributed by atoms with Gasteiger partial charge in [-0.25, -0.2) is 0 Å². The topological polar surface area (TPSA) is 3.24 Å². The van der Waals surface area contributed by atoms with E-state index in [9.17, 15) is 0 Å². The van der Waals surface area contributed by atoms with Crippen LogP contribution in [0.2, 0.25) is 0 Å². The van der Waals surface area contributed by atoms with Crippen molar-refractivity contribution >= 4 is 28.8 Å². The summed E-state index contributed by atoms with van der Waals surface area (Å²) in [5.74, 6) is 3.49. The molecule has 4 bridgehead atoms. The smallest absolute Gasteiger partial charge is 0.0464 e. The van der Waals surface area contributed by atoms with Gasteiger partial charge in [-0.15, -0.1) is 0 Å². The fourth-order valence-electron chi connectivity index (χ4n) is 11.6. The molecule has 2 heteroatoms. The molecule has 6 aliphatic rings. The zero-order chi connectivity index (χ0) is 33.8. The lowest BCUT2D eigenvalue weighted by Crippen LogP contribution is -2.57. The Bertz CT molecular complexity index is 2080. The zero-order valence-corrected chi connectivity index (χ0v) is 30.9. The molecule has 5 aliphatic carbocycles. The van der Waals surface area contributed by atoms with Gasteiger partial charge >= 0.3 is 0 Å². The van der Waals surface area contributed by atoms with Crippen LogP contribution in [0, 0.1) is 23.7 Å². The van der Waals surface area contributed by atoms with Crippen LogP contribution in [0.4, 0.5) is 17.1 Å². The quantitative estimate of drug-likeness (QED) is 0.187. The number of rotatable bonds is 4. The lowest BCUT2D eigenvalue weighted by molar-refractivity contribution is -0.0443. The van der Waals surface area contributed by atoms with Crippen LogP contribution >= 0.6 is 11.8 Å². The minimum atomic E-state index is 0.160. The second kappa shape index (κ2) is 11.1. The molecule has 0 radical (unpaired) electrons. The van der Waals surface area contributed by atoms with Gasteiger partial charge in [0.25, 0.3) is 0 Å². The predicted molar refractivity (Wildman–Crippen MR) is 210 cm³/mol. The molecule has 0 saturated heterocycles. The molecule has 11 rings (SSSR count). The molecule has 4 saturated carbocycles. The van der Waals surface area contributed by atoms with E-state index >= 15 is 0 Å². The Balaban J connectivity index is 1.03. The van der Waals surface area contributed by atoms with Crippen LogP contribution in [0.25, 0.3) is 11.1 Å². The highest BCUT2D eigenvalue weighted by atomic mass is 32.2. The van der Waals surface area contributed by atoms with Crippen molar-refractivity contribution < 1.29 is 0 Å². The second-order valence-electron chi connectivity index (χ2n) is 17.7. The van der Waals surface area contributed by atoms with E-state index in [1.165, 1.54) is 94.1 Å². The molecule has 5 aromatic rings. The van der Waals surface area contributed by atoms with Gasteiger partial charge in [0, 0.05) is 32.3 Å². The molecule has 50 heavy (non-hydrogen) atoms. The van der Waals surface area contributed by atoms with Crippen molar-refractivity contribution in [3.8, 4) is 11.1 Å². The van der Waals surface area contributed by atoms with E-state index in [1.54, 1.807) is 11.1 Å². The SMILES string of the molecule is CC1(C)CCC(C)(C)c2cc(N(c3ccccc3)c3ccc(-c4ccc5c(c4)Sc4ccccc4C54C5CC6CC(C5)CC4C6)cc3)ccc21. The Morgan fingerprint density at radius 2 is 1.04 bits per heavy atom. The largest absolute Gasteiger partial charge is 0.310 e. The van der Waals surface area contributed by atoms with Gasteiger partial charge in [0.05, 0.1) is 0 Å². The molecule has 0 aromatic heterocycles. The van der Waals surface area contributed by atoms with Gasteiger partial charge in [0.2, 0.25) is 0 Å². The molecule has 1 heterocycles. The fraction of sp³-hybridized carbons (Fsp3) is 0.375. The lowest BCUT2D eigenvalue weighted by Gasteiger charge is -2.63.